The fourth-order valence-electron chi connectivity index (χ4n) is 2.73. The topological polar surface area (TPSA) is 24.5 Å². The quantitative estimate of drug-likeness (QED) is 0.742. The van der Waals surface area contributed by atoms with Crippen molar-refractivity contribution in [2.24, 2.45) is 0 Å². The molecular weight excluding hydrogens is 256 g/mol. The Labute approximate surface area is 121 Å². The van der Waals surface area contributed by atoms with Crippen molar-refractivity contribution in [3.8, 4) is 0 Å². The molecule has 0 bridgehead atoms. The fraction of sp³-hybridized carbons (Fsp3) is 0.733. The highest BCUT2D eigenvalue weighted by Gasteiger charge is 2.23. The lowest BCUT2D eigenvalue weighted by molar-refractivity contribution is 0.192. The van der Waals surface area contributed by atoms with E-state index in [2.05, 4.69) is 28.6 Å². The van der Waals surface area contributed by atoms with Crippen LogP contribution >= 0.6 is 11.3 Å². The van der Waals surface area contributed by atoms with Gasteiger partial charge in [-0.25, -0.2) is 0 Å². The number of nitrogens with one attached hydrogen (secondary N) is 1. The van der Waals surface area contributed by atoms with Gasteiger partial charge in [-0.05, 0) is 56.3 Å². The smallest absolute Gasteiger partial charge is 0.0587 e. The zero-order valence-corrected chi connectivity index (χ0v) is 13.0. The first-order chi connectivity index (χ1) is 9.33. The number of fused-ring (bicyclic) bond motifs is 1. The molecule has 0 radical (unpaired) electrons. The summed E-state index contributed by atoms with van der Waals surface area (Å²) in [5.41, 5.74) is 1.56. The van der Waals surface area contributed by atoms with Crippen molar-refractivity contribution in [3.63, 3.8) is 0 Å². The van der Waals surface area contributed by atoms with E-state index in [-0.39, 0.29) is 0 Å². The van der Waals surface area contributed by atoms with Crippen LogP contribution < -0.4 is 5.32 Å². The van der Waals surface area contributed by atoms with Crippen LogP contribution in [-0.2, 0) is 11.2 Å². The van der Waals surface area contributed by atoms with Crippen molar-refractivity contribution < 1.29 is 4.74 Å². The summed E-state index contributed by atoms with van der Waals surface area (Å²) in [4.78, 5) is 4.23. The number of unbranched alkanes of at least 4 members (excludes halogenated alkanes) is 1. The molecule has 1 unspecified atom stereocenters. The maximum absolute atomic E-state index is 5.01. The lowest BCUT2D eigenvalue weighted by atomic mass is 10.0. The average Bonchev–Trinajstić information content (AvgIpc) is 2.89. The minimum atomic E-state index is 0.608. The zero-order chi connectivity index (χ0) is 13.5. The van der Waals surface area contributed by atoms with E-state index < -0.39 is 0 Å². The minimum absolute atomic E-state index is 0.608. The summed E-state index contributed by atoms with van der Waals surface area (Å²) in [6, 6.07) is 2.92. The second-order valence-electron chi connectivity index (χ2n) is 5.21. The minimum Gasteiger partial charge on any atom is -0.383 e. The molecular formula is C15H26N2OS. The fourth-order valence-corrected chi connectivity index (χ4v) is 3.69. The molecule has 2 rings (SSSR count). The van der Waals surface area contributed by atoms with Gasteiger partial charge in [0.1, 0.15) is 0 Å². The van der Waals surface area contributed by atoms with Gasteiger partial charge in [-0.15, -0.1) is 11.3 Å². The number of ether oxygens (including phenoxy) is 1. The molecule has 3 nitrogen and oxygen atoms in total. The van der Waals surface area contributed by atoms with Gasteiger partial charge in [0.25, 0.3) is 0 Å². The number of hydrogen-bond acceptors (Lipinski definition) is 4. The second kappa shape index (κ2) is 8.00. The molecule has 1 aliphatic heterocycles. The molecule has 4 heteroatoms. The van der Waals surface area contributed by atoms with E-state index in [0.717, 1.165) is 19.7 Å². The van der Waals surface area contributed by atoms with Crippen molar-refractivity contribution in [1.82, 2.24) is 10.2 Å². The van der Waals surface area contributed by atoms with E-state index in [1.54, 1.807) is 17.6 Å². The molecule has 1 atom stereocenters. The summed E-state index contributed by atoms with van der Waals surface area (Å²) >= 11 is 1.92. The van der Waals surface area contributed by atoms with E-state index in [1.807, 2.05) is 11.3 Å². The summed E-state index contributed by atoms with van der Waals surface area (Å²) in [6.45, 7) is 7.68. The number of nitrogens with zero attached hydrogens (tertiary/aromatic N) is 1. The second-order valence-corrected chi connectivity index (χ2v) is 6.21. The highest BCUT2D eigenvalue weighted by molar-refractivity contribution is 7.10. The number of hydrogen-bond donors (Lipinski definition) is 1. The number of thiophene rings is 1. The largest absolute Gasteiger partial charge is 0.383 e. The molecule has 1 aliphatic rings. The van der Waals surface area contributed by atoms with Gasteiger partial charge >= 0.3 is 0 Å². The summed E-state index contributed by atoms with van der Waals surface area (Å²) in [5, 5.41) is 5.65. The van der Waals surface area contributed by atoms with E-state index in [1.165, 1.54) is 32.4 Å². The molecule has 0 spiro atoms. The normalized spacial score (nSPS) is 19.6. The van der Waals surface area contributed by atoms with Gasteiger partial charge in [-0.2, -0.15) is 0 Å². The van der Waals surface area contributed by atoms with Crippen LogP contribution in [0.1, 0.15) is 36.2 Å². The van der Waals surface area contributed by atoms with E-state index in [0.29, 0.717) is 6.04 Å². The van der Waals surface area contributed by atoms with E-state index >= 15 is 0 Å². The average molecular weight is 282 g/mol. The summed E-state index contributed by atoms with van der Waals surface area (Å²) < 4.78 is 5.01. The molecule has 2 heterocycles. The summed E-state index contributed by atoms with van der Waals surface area (Å²) in [5.74, 6) is 0. The van der Waals surface area contributed by atoms with Gasteiger partial charge in [0.15, 0.2) is 0 Å². The van der Waals surface area contributed by atoms with Gasteiger partial charge in [-0.1, -0.05) is 0 Å². The monoisotopic (exact) mass is 282 g/mol. The molecule has 1 N–H and O–H groups in total. The molecule has 1 aromatic rings. The highest BCUT2D eigenvalue weighted by atomic mass is 32.1. The van der Waals surface area contributed by atoms with Crippen molar-refractivity contribution in [3.05, 3.63) is 21.9 Å². The Morgan fingerprint density at radius 3 is 3.16 bits per heavy atom. The van der Waals surface area contributed by atoms with Crippen LogP contribution in [0.15, 0.2) is 11.4 Å². The van der Waals surface area contributed by atoms with Crippen molar-refractivity contribution in [2.45, 2.75) is 32.2 Å². The van der Waals surface area contributed by atoms with Crippen LogP contribution in [0.4, 0.5) is 0 Å². The lowest BCUT2D eigenvalue weighted by Gasteiger charge is -2.33. The molecule has 0 aliphatic carbocycles. The van der Waals surface area contributed by atoms with Crippen molar-refractivity contribution in [1.29, 1.82) is 0 Å². The van der Waals surface area contributed by atoms with Crippen LogP contribution in [-0.4, -0.2) is 44.8 Å². The molecule has 0 saturated heterocycles. The Bertz CT molecular complexity index is 367. The first-order valence-corrected chi connectivity index (χ1v) is 8.21. The Balaban J connectivity index is 1.62. The first-order valence-electron chi connectivity index (χ1n) is 7.33. The highest BCUT2D eigenvalue weighted by Crippen LogP contribution is 2.32. The van der Waals surface area contributed by atoms with Crippen LogP contribution in [0.25, 0.3) is 0 Å². The van der Waals surface area contributed by atoms with Gasteiger partial charge < -0.3 is 10.1 Å². The van der Waals surface area contributed by atoms with Gasteiger partial charge in [-0.3, -0.25) is 4.90 Å². The molecule has 0 amide bonds. The molecule has 0 fully saturated rings. The zero-order valence-electron chi connectivity index (χ0n) is 12.2. The number of rotatable bonds is 8. The Hall–Kier alpha value is -0.420. The SMILES string of the molecule is COCCNCCCCN1CCc2sccc2C1C. The third kappa shape index (κ3) is 4.28. The summed E-state index contributed by atoms with van der Waals surface area (Å²) in [6.07, 6.45) is 3.77. The van der Waals surface area contributed by atoms with Crippen LogP contribution in [0, 0.1) is 0 Å². The predicted octanol–water partition coefficient (Wildman–Crippen LogP) is 2.68. The van der Waals surface area contributed by atoms with E-state index in [9.17, 15) is 0 Å². The first kappa shape index (κ1) is 15.0. The standard InChI is InChI=1S/C15H26N2OS/c1-13-14-6-12-19-15(14)5-10-17(13)9-4-3-7-16-8-11-18-2/h6,12-13,16H,3-5,7-11H2,1-2H3. The van der Waals surface area contributed by atoms with E-state index in [4.69, 9.17) is 4.74 Å². The third-order valence-electron chi connectivity index (χ3n) is 3.94. The van der Waals surface area contributed by atoms with Crippen LogP contribution in [0.5, 0.6) is 0 Å². The van der Waals surface area contributed by atoms with Crippen molar-refractivity contribution in [2.75, 3.05) is 39.9 Å². The van der Waals surface area contributed by atoms with Gasteiger partial charge in [0, 0.05) is 31.1 Å². The lowest BCUT2D eigenvalue weighted by Crippen LogP contribution is -2.34. The third-order valence-corrected chi connectivity index (χ3v) is 4.93. The van der Waals surface area contributed by atoms with Crippen LogP contribution in [0.3, 0.4) is 0 Å². The Morgan fingerprint density at radius 2 is 2.32 bits per heavy atom. The maximum Gasteiger partial charge on any atom is 0.0587 e. The van der Waals surface area contributed by atoms with Crippen molar-refractivity contribution >= 4 is 11.3 Å². The molecule has 108 valence electrons. The van der Waals surface area contributed by atoms with Crippen LogP contribution in [0.2, 0.25) is 0 Å². The Morgan fingerprint density at radius 1 is 1.42 bits per heavy atom. The summed E-state index contributed by atoms with van der Waals surface area (Å²) in [7, 11) is 1.75. The van der Waals surface area contributed by atoms with Gasteiger partial charge in [0.05, 0.1) is 6.61 Å². The molecule has 0 saturated carbocycles. The predicted molar refractivity (Wildman–Crippen MR) is 82.0 cm³/mol. The van der Waals surface area contributed by atoms with Gasteiger partial charge in [0.2, 0.25) is 0 Å². The molecule has 0 aromatic carbocycles. The number of methoxy groups -OCH3 is 1. The molecule has 19 heavy (non-hydrogen) atoms. The Kier molecular flexibility index (Phi) is 6.31. The molecule has 1 aromatic heterocycles. The maximum atomic E-state index is 5.01.